The van der Waals surface area contributed by atoms with Gasteiger partial charge in [-0.05, 0) is 59.2 Å². The second kappa shape index (κ2) is 5.31. The van der Waals surface area contributed by atoms with Crippen LogP contribution in [0, 0.1) is 93.7 Å². The zero-order valence-corrected chi connectivity index (χ0v) is 22.5. The third kappa shape index (κ3) is 1.35. The van der Waals surface area contributed by atoms with E-state index in [1.54, 1.807) is 0 Å². The number of methoxy groups -OCH3 is 2. The lowest BCUT2D eigenvalue weighted by molar-refractivity contribution is -0.460. The van der Waals surface area contributed by atoms with Crippen molar-refractivity contribution >= 4 is 11.9 Å². The van der Waals surface area contributed by atoms with E-state index in [1.807, 2.05) is 0 Å². The molecule has 12 unspecified atom stereocenters. The van der Waals surface area contributed by atoms with Crippen molar-refractivity contribution in [3.63, 3.8) is 0 Å². The number of hydrogen-bond donors (Lipinski definition) is 2. The number of carbonyl (C=O) groups is 2. The summed E-state index contributed by atoms with van der Waals surface area (Å²) in [5, 5.41) is 22.3. The van der Waals surface area contributed by atoms with Gasteiger partial charge in [-0.2, -0.15) is 26.3 Å². The van der Waals surface area contributed by atoms with Gasteiger partial charge in [-0.3, -0.25) is 9.59 Å². The SMILES string of the molecule is COC(=O)C12C3C4C5C6C3C37OC(O)(C(F)(F)F)OC38C6C3C5C56OC(O)(C(F)(F)F)OC45C1C1C(C27)C8C3(C(=O)OC)C16. The summed E-state index contributed by atoms with van der Waals surface area (Å²) < 4.78 is 123. The lowest BCUT2D eigenvalue weighted by atomic mass is 9.63. The fourth-order valence-electron chi connectivity index (χ4n) is 18.5. The molecular formula is C28H22F6O10. The highest BCUT2D eigenvalue weighted by atomic mass is 19.4. The van der Waals surface area contributed by atoms with Gasteiger partial charge in [0.2, 0.25) is 0 Å². The molecule has 2 saturated heterocycles. The largest absolute Gasteiger partial charge is 0.473 e. The predicted octanol–water partition coefficient (Wildman–Crippen LogP) is 0.547. The van der Waals surface area contributed by atoms with Crippen LogP contribution in [0.25, 0.3) is 0 Å². The van der Waals surface area contributed by atoms with Gasteiger partial charge in [-0.15, -0.1) is 0 Å². The number of esters is 2. The van der Waals surface area contributed by atoms with Crippen LogP contribution >= 0.6 is 0 Å². The van der Waals surface area contributed by atoms with Gasteiger partial charge in [0.1, 0.15) is 22.4 Å². The number of carbonyl (C=O) groups excluding carboxylic acids is 2. The molecule has 2 aliphatic heterocycles. The molecule has 12 aliphatic carbocycles. The Labute approximate surface area is 241 Å². The minimum absolute atomic E-state index is 0.496. The van der Waals surface area contributed by atoms with E-state index in [9.17, 15) is 46.1 Å². The highest BCUT2D eigenvalue weighted by Gasteiger charge is 3.20. The van der Waals surface area contributed by atoms with Gasteiger partial charge < -0.3 is 38.6 Å². The van der Waals surface area contributed by atoms with E-state index in [4.69, 9.17) is 28.4 Å². The molecule has 10 nitrogen and oxygen atoms in total. The number of ether oxygens (including phenoxy) is 6. The molecule has 2 N–H and O–H groups in total. The fourth-order valence-corrected chi connectivity index (χ4v) is 18.5. The van der Waals surface area contributed by atoms with E-state index in [2.05, 4.69) is 0 Å². The van der Waals surface area contributed by atoms with Crippen molar-refractivity contribution in [2.75, 3.05) is 14.2 Å². The summed E-state index contributed by atoms with van der Waals surface area (Å²) in [4.78, 5) is 28.7. The smallest absolute Gasteiger partial charge is 0.469 e. The Morgan fingerprint density at radius 1 is 0.545 bits per heavy atom. The summed E-state index contributed by atoms with van der Waals surface area (Å²) in [5.74, 6) is -21.1. The lowest BCUT2D eigenvalue weighted by Crippen LogP contribution is -2.61. The number of aliphatic hydroxyl groups is 2. The summed E-state index contributed by atoms with van der Waals surface area (Å²) in [6.07, 6.45) is -10.8. The van der Waals surface area contributed by atoms with Gasteiger partial charge >= 0.3 is 36.2 Å². The predicted molar refractivity (Wildman–Crippen MR) is 115 cm³/mol. The van der Waals surface area contributed by atoms with E-state index in [-0.39, 0.29) is 0 Å². The molecule has 14 aliphatic rings. The van der Waals surface area contributed by atoms with E-state index < -0.39 is 152 Å². The quantitative estimate of drug-likeness (QED) is 0.329. The van der Waals surface area contributed by atoms with Crippen LogP contribution in [0.4, 0.5) is 26.3 Å². The van der Waals surface area contributed by atoms with E-state index in [0.717, 1.165) is 14.2 Å². The third-order valence-electron chi connectivity index (χ3n) is 16.9. The Bertz CT molecular complexity index is 1490. The third-order valence-corrected chi connectivity index (χ3v) is 16.9. The summed E-state index contributed by atoms with van der Waals surface area (Å²) >= 11 is 0. The van der Waals surface area contributed by atoms with Gasteiger partial charge in [0.25, 0.3) is 0 Å². The molecule has 14 fully saturated rings. The maximum Gasteiger partial charge on any atom is 0.473 e. The summed E-state index contributed by atoms with van der Waals surface area (Å²) in [6, 6.07) is 0. The van der Waals surface area contributed by atoms with Crippen molar-refractivity contribution in [2.24, 2.45) is 93.7 Å². The molecule has 12 saturated carbocycles. The highest BCUT2D eigenvalue weighted by molar-refractivity contribution is 5.90. The van der Waals surface area contributed by atoms with E-state index >= 15 is 0 Å². The molecule has 44 heavy (non-hydrogen) atoms. The number of alkyl halides is 6. The van der Waals surface area contributed by atoms with Crippen molar-refractivity contribution in [3.05, 3.63) is 0 Å². The first-order chi connectivity index (χ1) is 20.5. The first kappa shape index (κ1) is 24.5. The molecule has 236 valence electrons. The average Bonchev–Trinajstić information content (AvgIpc) is 3.73. The Hall–Kier alpha value is -1.72. The van der Waals surface area contributed by atoms with Crippen molar-refractivity contribution in [3.8, 4) is 0 Å². The molecule has 0 bridgehead atoms. The number of rotatable bonds is 2. The van der Waals surface area contributed by atoms with Crippen LogP contribution in [0.5, 0.6) is 0 Å². The maximum absolute atomic E-state index is 14.7. The monoisotopic (exact) mass is 632 g/mol. The van der Waals surface area contributed by atoms with E-state index in [1.165, 1.54) is 0 Å². The molecule has 14 rings (SSSR count). The normalized spacial score (nSPS) is 75.6. The van der Waals surface area contributed by atoms with Crippen LogP contribution in [0.1, 0.15) is 0 Å². The van der Waals surface area contributed by atoms with Crippen LogP contribution in [0.3, 0.4) is 0 Å². The molecule has 12 atom stereocenters. The first-order valence-corrected chi connectivity index (χ1v) is 15.1. The molecule has 0 aromatic rings. The van der Waals surface area contributed by atoms with Crippen LogP contribution in [-0.4, -0.2) is 83.1 Å². The van der Waals surface area contributed by atoms with Crippen molar-refractivity contribution in [2.45, 2.75) is 46.7 Å². The molecule has 0 amide bonds. The first-order valence-electron chi connectivity index (χ1n) is 15.1. The minimum Gasteiger partial charge on any atom is -0.469 e. The zero-order chi connectivity index (χ0) is 30.5. The molecule has 2 heterocycles. The molecular weight excluding hydrogens is 610 g/mol. The highest BCUT2D eigenvalue weighted by Crippen LogP contribution is 3.11. The lowest BCUT2D eigenvalue weighted by Gasteiger charge is -2.45. The van der Waals surface area contributed by atoms with Gasteiger partial charge in [0.15, 0.2) is 0 Å². The Morgan fingerprint density at radius 2 is 0.818 bits per heavy atom. The van der Waals surface area contributed by atoms with Gasteiger partial charge in [0.05, 0.1) is 25.0 Å². The number of halogens is 6. The molecule has 0 aromatic carbocycles. The Morgan fingerprint density at radius 3 is 1.05 bits per heavy atom. The van der Waals surface area contributed by atoms with Gasteiger partial charge in [-0.1, -0.05) is 0 Å². The topological polar surface area (TPSA) is 130 Å². The fraction of sp³-hybridized carbons (Fsp3) is 0.929. The molecule has 0 radical (unpaired) electrons. The van der Waals surface area contributed by atoms with E-state index in [0.29, 0.717) is 0 Å². The van der Waals surface area contributed by atoms with Crippen molar-refractivity contribution in [1.82, 2.24) is 0 Å². The average molecular weight is 632 g/mol. The summed E-state index contributed by atoms with van der Waals surface area (Å²) in [6.45, 7) is 0. The van der Waals surface area contributed by atoms with Crippen LogP contribution in [-0.2, 0) is 38.0 Å². The maximum atomic E-state index is 14.7. The minimum atomic E-state index is -5.39. The Balaban J connectivity index is 1.22. The molecule has 16 heteroatoms. The van der Waals surface area contributed by atoms with Crippen LogP contribution in [0.2, 0.25) is 0 Å². The van der Waals surface area contributed by atoms with Crippen molar-refractivity contribution < 1.29 is 74.6 Å². The van der Waals surface area contributed by atoms with Gasteiger partial charge in [0, 0.05) is 23.7 Å². The number of hydrogen-bond acceptors (Lipinski definition) is 10. The standard InChI is InChI=1S/C28H22F6O10/c1-39-17(35)19-11-7-3-4-8(11)22-14(19)6-5-13(19)21(7)23(43-27(37,41-21)25(29,30)31)9(3)12-10(4)24(22,44-28(38,42-22)26(32,33)34)16(6)20(12,15(5)23)18(36)40-2/h3-16,37-38H,1-2H3. The Kier molecular flexibility index (Phi) is 2.95. The summed E-state index contributed by atoms with van der Waals surface area (Å²) in [7, 11) is 2.26. The van der Waals surface area contributed by atoms with Crippen molar-refractivity contribution in [1.29, 1.82) is 0 Å². The van der Waals surface area contributed by atoms with Gasteiger partial charge in [-0.25, -0.2) is 0 Å². The summed E-state index contributed by atoms with van der Waals surface area (Å²) in [5.41, 5.74) is -10.7. The second-order valence-electron chi connectivity index (χ2n) is 16.0. The second-order valence-corrected chi connectivity index (χ2v) is 16.0. The van der Waals surface area contributed by atoms with Crippen LogP contribution in [0.15, 0.2) is 0 Å². The molecule has 0 aromatic heterocycles. The van der Waals surface area contributed by atoms with Crippen LogP contribution < -0.4 is 0 Å². The molecule has 4 spiro atoms. The zero-order valence-electron chi connectivity index (χ0n) is 22.5.